The minimum absolute atomic E-state index is 0.160. The van der Waals surface area contributed by atoms with Crippen LogP contribution in [0.1, 0.15) is 37.7 Å². The molecule has 0 spiro atoms. The highest BCUT2D eigenvalue weighted by Crippen LogP contribution is 2.40. The summed E-state index contributed by atoms with van der Waals surface area (Å²) in [7, 11) is 0. The van der Waals surface area contributed by atoms with Gasteiger partial charge in [0.25, 0.3) is 5.56 Å². The zero-order valence-corrected chi connectivity index (χ0v) is 17.7. The second-order valence-electron chi connectivity index (χ2n) is 8.60. The number of piperidine rings is 2. The zero-order chi connectivity index (χ0) is 20.6. The second-order valence-corrected chi connectivity index (χ2v) is 9.54. The maximum Gasteiger partial charge on any atom is 0.266 e. The predicted octanol–water partition coefficient (Wildman–Crippen LogP) is 3.32. The molecule has 3 aromatic rings. The van der Waals surface area contributed by atoms with Crippen molar-refractivity contribution in [3.8, 4) is 10.6 Å². The first-order valence-electron chi connectivity index (χ1n) is 10.6. The molecule has 3 aromatic heterocycles. The van der Waals surface area contributed by atoms with Crippen molar-refractivity contribution in [3.63, 3.8) is 0 Å². The monoisotopic (exact) mass is 422 g/mol. The fraction of sp³-hybridized carbons (Fsp3) is 0.435. The summed E-state index contributed by atoms with van der Waals surface area (Å²) in [5.74, 6) is 0. The molecule has 0 aromatic carbocycles. The van der Waals surface area contributed by atoms with Crippen LogP contribution < -0.4 is 5.56 Å². The van der Waals surface area contributed by atoms with Crippen LogP contribution in [0.3, 0.4) is 0 Å². The molecule has 2 atom stereocenters. The average Bonchev–Trinajstić information content (AvgIpc) is 3.26. The van der Waals surface area contributed by atoms with E-state index < -0.39 is 5.60 Å². The summed E-state index contributed by atoms with van der Waals surface area (Å²) in [6.07, 6.45) is 8.42. The molecule has 0 saturated carbocycles. The van der Waals surface area contributed by atoms with Crippen molar-refractivity contribution in [2.24, 2.45) is 0 Å². The van der Waals surface area contributed by atoms with E-state index in [-0.39, 0.29) is 12.1 Å². The van der Waals surface area contributed by atoms with E-state index in [1.54, 1.807) is 29.7 Å². The first kappa shape index (κ1) is 19.6. The maximum absolute atomic E-state index is 12.5. The van der Waals surface area contributed by atoms with Gasteiger partial charge in [-0.15, -0.1) is 11.3 Å². The quantitative estimate of drug-likeness (QED) is 0.683. The van der Waals surface area contributed by atoms with E-state index in [0.29, 0.717) is 24.9 Å². The molecule has 2 aliphatic rings. The van der Waals surface area contributed by atoms with Crippen LogP contribution in [-0.4, -0.2) is 42.5 Å². The van der Waals surface area contributed by atoms with Crippen molar-refractivity contribution < 1.29 is 5.11 Å². The van der Waals surface area contributed by atoms with Gasteiger partial charge in [0.2, 0.25) is 0 Å². The first-order chi connectivity index (χ1) is 14.6. The number of aromatic nitrogens is 3. The molecule has 2 fully saturated rings. The number of aliphatic hydroxyl groups is 1. The standard InChI is InChI=1S/C23H26N4O2S/c28-22-9-8-20(21-7-3-11-30-21)25-27(22)16-23(29)12-18-5-1-6-19(13-23)26(18)15-17-4-2-10-24-14-17/h2-4,7-11,14,18-19,29H,1,5-6,12-13,15-16H2/t18-,19-/m1/s1. The van der Waals surface area contributed by atoms with Gasteiger partial charge in [-0.3, -0.25) is 14.7 Å². The van der Waals surface area contributed by atoms with E-state index in [4.69, 9.17) is 0 Å². The topological polar surface area (TPSA) is 71.2 Å². The molecule has 5 heterocycles. The summed E-state index contributed by atoms with van der Waals surface area (Å²) in [6.45, 7) is 1.12. The second kappa shape index (κ2) is 8.06. The summed E-state index contributed by atoms with van der Waals surface area (Å²) in [5.41, 5.74) is 0.919. The van der Waals surface area contributed by atoms with Crippen molar-refractivity contribution in [1.82, 2.24) is 19.7 Å². The zero-order valence-electron chi connectivity index (χ0n) is 16.9. The van der Waals surface area contributed by atoms with Crippen LogP contribution in [0.25, 0.3) is 10.6 Å². The number of rotatable bonds is 5. The molecule has 2 bridgehead atoms. The summed E-state index contributed by atoms with van der Waals surface area (Å²) in [6, 6.07) is 12.0. The normalized spacial score (nSPS) is 26.6. The molecule has 2 aliphatic heterocycles. The lowest BCUT2D eigenvalue weighted by Crippen LogP contribution is -2.59. The molecule has 5 rings (SSSR count). The minimum atomic E-state index is -0.911. The van der Waals surface area contributed by atoms with Crippen molar-refractivity contribution >= 4 is 11.3 Å². The highest BCUT2D eigenvalue weighted by atomic mass is 32.1. The van der Waals surface area contributed by atoms with Crippen molar-refractivity contribution in [1.29, 1.82) is 0 Å². The fourth-order valence-electron chi connectivity index (χ4n) is 5.10. The highest BCUT2D eigenvalue weighted by molar-refractivity contribution is 7.13. The number of hydrogen-bond acceptors (Lipinski definition) is 6. The molecule has 0 amide bonds. The summed E-state index contributed by atoms with van der Waals surface area (Å²) >= 11 is 1.60. The SMILES string of the molecule is O=c1ccc(-c2cccs2)nn1CC1(O)C[C@H]2CCC[C@H](C1)N2Cc1cccnc1. The van der Waals surface area contributed by atoms with Gasteiger partial charge >= 0.3 is 0 Å². The lowest BCUT2D eigenvalue weighted by Gasteiger charge is -2.52. The van der Waals surface area contributed by atoms with Gasteiger partial charge in [0.05, 0.1) is 17.0 Å². The Bertz CT molecular complexity index is 1040. The van der Waals surface area contributed by atoms with Crippen molar-refractivity contribution in [3.05, 3.63) is 70.1 Å². The Hall–Kier alpha value is -2.35. The van der Waals surface area contributed by atoms with E-state index >= 15 is 0 Å². The third-order valence-corrected chi connectivity index (χ3v) is 7.31. The number of nitrogens with zero attached hydrogens (tertiary/aromatic N) is 4. The van der Waals surface area contributed by atoms with Crippen molar-refractivity contribution in [2.45, 2.75) is 62.9 Å². The Balaban J connectivity index is 1.36. The predicted molar refractivity (Wildman–Crippen MR) is 117 cm³/mol. The van der Waals surface area contributed by atoms with Gasteiger partial charge in [0.1, 0.15) is 5.69 Å². The van der Waals surface area contributed by atoms with Gasteiger partial charge in [0.15, 0.2) is 0 Å². The van der Waals surface area contributed by atoms with E-state index in [1.165, 1.54) is 16.7 Å². The number of fused-ring (bicyclic) bond motifs is 2. The van der Waals surface area contributed by atoms with Crippen LogP contribution in [0.2, 0.25) is 0 Å². The molecular formula is C23H26N4O2S. The molecule has 2 saturated heterocycles. The van der Waals surface area contributed by atoms with Crippen molar-refractivity contribution in [2.75, 3.05) is 0 Å². The van der Waals surface area contributed by atoms with Crippen LogP contribution in [0, 0.1) is 0 Å². The van der Waals surface area contributed by atoms with Crippen LogP contribution in [0.4, 0.5) is 0 Å². The van der Waals surface area contributed by atoms with Gasteiger partial charge in [-0.1, -0.05) is 18.6 Å². The van der Waals surface area contributed by atoms with Gasteiger partial charge in [-0.05, 0) is 54.8 Å². The molecule has 30 heavy (non-hydrogen) atoms. The van der Waals surface area contributed by atoms with E-state index in [1.807, 2.05) is 29.8 Å². The third kappa shape index (κ3) is 3.97. The molecule has 0 aliphatic carbocycles. The van der Waals surface area contributed by atoms with Gasteiger partial charge in [-0.25, -0.2) is 4.68 Å². The third-order valence-electron chi connectivity index (χ3n) is 6.42. The van der Waals surface area contributed by atoms with Gasteiger partial charge in [0, 0.05) is 37.1 Å². The molecule has 6 nitrogen and oxygen atoms in total. The van der Waals surface area contributed by atoms with E-state index in [0.717, 1.165) is 30.0 Å². The number of thiophene rings is 1. The molecular weight excluding hydrogens is 396 g/mol. The highest BCUT2D eigenvalue weighted by Gasteiger charge is 2.45. The Morgan fingerprint density at radius 3 is 2.67 bits per heavy atom. The fourth-order valence-corrected chi connectivity index (χ4v) is 5.80. The smallest absolute Gasteiger partial charge is 0.266 e. The Morgan fingerprint density at radius 1 is 1.13 bits per heavy atom. The largest absolute Gasteiger partial charge is 0.388 e. The Morgan fingerprint density at radius 2 is 1.97 bits per heavy atom. The Labute approximate surface area is 179 Å². The van der Waals surface area contributed by atoms with E-state index in [9.17, 15) is 9.90 Å². The molecule has 0 radical (unpaired) electrons. The molecule has 156 valence electrons. The Kier molecular flexibility index (Phi) is 5.26. The molecule has 0 unspecified atom stereocenters. The summed E-state index contributed by atoms with van der Waals surface area (Å²) < 4.78 is 1.46. The summed E-state index contributed by atoms with van der Waals surface area (Å²) in [5, 5.41) is 18.1. The van der Waals surface area contributed by atoms with E-state index in [2.05, 4.69) is 21.0 Å². The van der Waals surface area contributed by atoms with Gasteiger partial charge < -0.3 is 5.11 Å². The lowest BCUT2D eigenvalue weighted by molar-refractivity contribution is -0.105. The van der Waals surface area contributed by atoms with Gasteiger partial charge in [-0.2, -0.15) is 5.10 Å². The average molecular weight is 423 g/mol. The van der Waals surface area contributed by atoms with Crippen LogP contribution in [0.15, 0.2) is 59.0 Å². The minimum Gasteiger partial charge on any atom is -0.388 e. The number of hydrogen-bond donors (Lipinski definition) is 1. The van der Waals surface area contributed by atoms with Crippen LogP contribution in [-0.2, 0) is 13.1 Å². The number of pyridine rings is 1. The molecule has 7 heteroatoms. The van der Waals surface area contributed by atoms with Crippen LogP contribution in [0.5, 0.6) is 0 Å². The lowest BCUT2D eigenvalue weighted by atomic mass is 9.75. The van der Waals surface area contributed by atoms with Crippen LogP contribution >= 0.6 is 11.3 Å². The first-order valence-corrected chi connectivity index (χ1v) is 11.5. The summed E-state index contributed by atoms with van der Waals surface area (Å²) in [4.78, 5) is 20.3. The maximum atomic E-state index is 12.5. The molecule has 1 N–H and O–H groups in total.